The van der Waals surface area contributed by atoms with E-state index in [2.05, 4.69) is 25.7 Å². The molecule has 4 aromatic heterocycles. The molecule has 28 heteroatoms. The van der Waals surface area contributed by atoms with Crippen LogP contribution in [0.1, 0.15) is 119 Å². The number of ketones is 2. The third-order valence-electron chi connectivity index (χ3n) is 13.3. The van der Waals surface area contributed by atoms with Crippen LogP contribution in [0.15, 0.2) is 51.9 Å². The number of thioether (sulfide) groups is 1. The number of nitrogens with two attached hydrogens (primary N) is 1. The van der Waals surface area contributed by atoms with Gasteiger partial charge in [-0.05, 0) is 70.2 Å². The van der Waals surface area contributed by atoms with Gasteiger partial charge in [-0.25, -0.2) is 9.97 Å². The van der Waals surface area contributed by atoms with E-state index in [4.69, 9.17) is 29.3 Å². The molecule has 0 radical (unpaired) electrons. The Kier molecular flexibility index (Phi) is 20.3. The molecule has 2 aromatic carbocycles. The third-order valence-corrected chi connectivity index (χ3v) is 15.2. The summed E-state index contributed by atoms with van der Waals surface area (Å²) < 4.78 is 28.8. The summed E-state index contributed by atoms with van der Waals surface area (Å²) in [5, 5.41) is 18.3. The number of aryl methyl sites for hydroxylation is 4. The van der Waals surface area contributed by atoms with Crippen LogP contribution in [-0.2, 0) is 59.6 Å². The number of ether oxygens (including phenoxy) is 3. The van der Waals surface area contributed by atoms with Crippen molar-refractivity contribution in [2.45, 2.75) is 111 Å². The number of likely N-dealkylation sites (tertiary alicyclic amines) is 1. The number of nitrogens with zero attached hydrogens (tertiary/aromatic N) is 8. The molecule has 7 rings (SSSR count). The number of carboxylic acids is 1. The number of oxazole rings is 1. The van der Waals surface area contributed by atoms with Crippen LogP contribution in [0.25, 0.3) is 21.3 Å². The van der Waals surface area contributed by atoms with Gasteiger partial charge in [-0.1, -0.05) is 37.3 Å². The third kappa shape index (κ3) is 14.6. The Hall–Kier alpha value is -8.79. The van der Waals surface area contributed by atoms with Crippen molar-refractivity contribution in [2.24, 2.45) is 16.6 Å². The number of aliphatic carboxylic acids is 1. The summed E-state index contributed by atoms with van der Waals surface area (Å²) >= 11 is 2.35. The first-order valence-corrected chi connectivity index (χ1v) is 28.5. The maximum atomic E-state index is 13.9. The maximum Gasteiger partial charge on any atom is 0.309 e. The van der Waals surface area contributed by atoms with Gasteiger partial charge in [-0.2, -0.15) is 21.9 Å². The summed E-state index contributed by atoms with van der Waals surface area (Å²) in [6.45, 7) is 9.50. The summed E-state index contributed by atoms with van der Waals surface area (Å²) in [6, 6.07) is 6.47. The van der Waals surface area contributed by atoms with Crippen LogP contribution in [0.3, 0.4) is 0 Å². The van der Waals surface area contributed by atoms with E-state index in [-0.39, 0.29) is 91.5 Å². The van der Waals surface area contributed by atoms with Crippen molar-refractivity contribution in [3.05, 3.63) is 87.1 Å². The average Bonchev–Trinajstić information content (AvgIpc) is 4.37. The number of fused-ring (bicyclic) bond motifs is 2. The molecule has 0 bridgehead atoms. The molecule has 26 nitrogen and oxygen atoms in total. The molecule has 0 spiro atoms. The van der Waals surface area contributed by atoms with Gasteiger partial charge in [0, 0.05) is 63.4 Å². The lowest BCUT2D eigenvalue weighted by atomic mass is 9.97. The van der Waals surface area contributed by atoms with Crippen LogP contribution in [-0.4, -0.2) is 142 Å². The number of thiazole rings is 1. The standard InChI is InChI=1S/C55H63N11O15S2/c1-9-34-48(81-31(6)57-34)51(75)60-54-59-36-22-33(49(56)73)24-40(79-18-13-19-80-53(77)28(3)20-38(68)35(14-15-45(71)72)58-43(69)27-65-44(70)26-42(82-8)52(65)76)46(36)63(54)16-11-12-17-64-47-39(78-7)23-32(30(5)67)25-41(47)83-55(64)61-50(74)37-21-29(4)62-66(37)10-2/h11-12,21-25,28,35,42H,9-10,13-20,26-27H2,1-8H3,(H2,56,73)(H,58,69)(H,71,72)(H,59,60,75)/b12-11+,61-55?/t28-,35+,42?/m1/s1. The second-order valence-electron chi connectivity index (χ2n) is 19.3. The summed E-state index contributed by atoms with van der Waals surface area (Å²) in [4.78, 5) is 144. The Balaban J connectivity index is 1.12. The number of aromatic nitrogens is 6. The Bertz CT molecular complexity index is 3660. The van der Waals surface area contributed by atoms with Crippen LogP contribution in [0.4, 0.5) is 5.95 Å². The fourth-order valence-electron chi connectivity index (χ4n) is 9.10. The molecule has 440 valence electrons. The number of methoxy groups -OCH3 is 1. The molecule has 6 amide bonds. The predicted octanol–water partition coefficient (Wildman–Crippen LogP) is 4.74. The minimum atomic E-state index is -1.34. The van der Waals surface area contributed by atoms with Crippen molar-refractivity contribution in [2.75, 3.05) is 38.4 Å². The maximum absolute atomic E-state index is 13.9. The summed E-state index contributed by atoms with van der Waals surface area (Å²) in [6.07, 6.45) is 4.33. The van der Waals surface area contributed by atoms with Gasteiger partial charge in [-0.15, -0.1) is 0 Å². The number of carbonyl (C=O) groups excluding carboxylic acids is 9. The zero-order valence-corrected chi connectivity index (χ0v) is 48.5. The predicted molar refractivity (Wildman–Crippen MR) is 302 cm³/mol. The number of Topliss-reactive ketones (excluding diaryl/α,β-unsaturated/α-hetero) is 2. The molecule has 1 aliphatic heterocycles. The molecule has 6 aromatic rings. The van der Waals surface area contributed by atoms with Gasteiger partial charge in [-0.3, -0.25) is 62.8 Å². The van der Waals surface area contributed by atoms with E-state index < -0.39 is 89.8 Å². The lowest BCUT2D eigenvalue weighted by Crippen LogP contribution is -2.47. The number of primary amides is 1. The highest BCUT2D eigenvalue weighted by molar-refractivity contribution is 8.00. The second kappa shape index (κ2) is 27.3. The molecule has 5 heterocycles. The lowest BCUT2D eigenvalue weighted by Gasteiger charge is -2.21. The number of carbonyl (C=O) groups is 10. The highest BCUT2D eigenvalue weighted by Gasteiger charge is 2.39. The number of anilines is 1. The first kappa shape index (κ1) is 61.8. The van der Waals surface area contributed by atoms with Gasteiger partial charge in [0.2, 0.25) is 35.3 Å². The van der Waals surface area contributed by atoms with E-state index in [9.17, 15) is 53.1 Å². The largest absolute Gasteiger partial charge is 0.494 e. The Labute approximate surface area is 482 Å². The van der Waals surface area contributed by atoms with Crippen LogP contribution >= 0.6 is 23.1 Å². The fourth-order valence-corrected chi connectivity index (χ4v) is 10.8. The van der Waals surface area contributed by atoms with E-state index in [0.717, 1.165) is 16.7 Å². The van der Waals surface area contributed by atoms with Crippen molar-refractivity contribution in [1.29, 1.82) is 0 Å². The zero-order chi connectivity index (χ0) is 60.4. The number of esters is 1. The van der Waals surface area contributed by atoms with Crippen LogP contribution in [0.2, 0.25) is 0 Å². The average molecular weight is 1180 g/mol. The van der Waals surface area contributed by atoms with Crippen LogP contribution in [0, 0.1) is 19.8 Å². The van der Waals surface area contributed by atoms with Crippen molar-refractivity contribution in [3.63, 3.8) is 0 Å². The number of amides is 6. The van der Waals surface area contributed by atoms with Crippen molar-refractivity contribution < 1.29 is 71.7 Å². The molecule has 1 unspecified atom stereocenters. The van der Waals surface area contributed by atoms with E-state index in [1.54, 1.807) is 64.3 Å². The van der Waals surface area contributed by atoms with E-state index in [1.807, 2.05) is 13.8 Å². The SMILES string of the molecule is CCc1nc(C)oc1C(=O)Nc1nc2cc(C(N)=O)cc(OCCCOC(=O)[C@H](C)CC(=O)[C@H](CCC(=O)O)NC(=O)CN3C(=O)CC(SC)C3=O)c2n1C/C=C/Cn1c(=NC(=O)c2cc(C)nn2CC)sc2cc(C(C)=O)cc(OC)c21. The highest BCUT2D eigenvalue weighted by Crippen LogP contribution is 2.33. The van der Waals surface area contributed by atoms with Crippen molar-refractivity contribution in [1.82, 2.24) is 39.1 Å². The number of imidazole rings is 1. The molecule has 0 aliphatic carbocycles. The van der Waals surface area contributed by atoms with Gasteiger partial charge in [0.05, 0.1) is 59.1 Å². The monoisotopic (exact) mass is 1180 g/mol. The van der Waals surface area contributed by atoms with Gasteiger partial charge in [0.25, 0.3) is 11.8 Å². The van der Waals surface area contributed by atoms with Gasteiger partial charge in [0.15, 0.2) is 22.3 Å². The molecule has 1 aliphatic rings. The number of rotatable bonds is 28. The smallest absolute Gasteiger partial charge is 0.309 e. The molecule has 0 saturated carbocycles. The quantitative estimate of drug-likeness (QED) is 0.0169. The van der Waals surface area contributed by atoms with Crippen molar-refractivity contribution in [3.8, 4) is 11.5 Å². The number of hydrogen-bond acceptors (Lipinski definition) is 19. The molecule has 5 N–H and O–H groups in total. The number of hydrogen-bond donors (Lipinski definition) is 4. The van der Waals surface area contributed by atoms with Crippen LogP contribution in [0.5, 0.6) is 11.5 Å². The minimum Gasteiger partial charge on any atom is -0.494 e. The Morgan fingerprint density at radius 3 is 2.35 bits per heavy atom. The Morgan fingerprint density at radius 1 is 0.976 bits per heavy atom. The van der Waals surface area contributed by atoms with Gasteiger partial charge >= 0.3 is 11.9 Å². The van der Waals surface area contributed by atoms with Gasteiger partial charge < -0.3 is 43.9 Å². The van der Waals surface area contributed by atoms with E-state index >= 15 is 0 Å². The number of carboxylic acid groups (broad SMARTS) is 1. The van der Waals surface area contributed by atoms with Gasteiger partial charge in [0.1, 0.15) is 34.8 Å². The number of imide groups is 1. The van der Waals surface area contributed by atoms with Crippen molar-refractivity contribution >= 4 is 109 Å². The molecular formula is C55H63N11O15S2. The Morgan fingerprint density at radius 2 is 1.70 bits per heavy atom. The summed E-state index contributed by atoms with van der Waals surface area (Å²) in [7, 11) is 1.47. The first-order chi connectivity index (χ1) is 39.5. The molecule has 1 saturated heterocycles. The zero-order valence-electron chi connectivity index (χ0n) is 46.9. The van der Waals surface area contributed by atoms with E-state index in [1.165, 1.54) is 44.4 Å². The van der Waals surface area contributed by atoms with E-state index in [0.29, 0.717) is 56.2 Å². The molecular weight excluding hydrogens is 1120 g/mol. The summed E-state index contributed by atoms with van der Waals surface area (Å²) in [5.41, 5.74) is 8.60. The lowest BCUT2D eigenvalue weighted by molar-refractivity contribution is -0.150. The molecule has 1 fully saturated rings. The topological polar surface area (TPSA) is 351 Å². The minimum absolute atomic E-state index is 0.00849. The van der Waals surface area contributed by atoms with Crippen LogP contribution < -0.4 is 30.6 Å². The summed E-state index contributed by atoms with van der Waals surface area (Å²) in [5.74, 6) is -7.17. The number of nitrogens with one attached hydrogen (secondary N) is 2. The molecule has 83 heavy (non-hydrogen) atoms. The normalized spacial score (nSPS) is 14.4. The number of benzene rings is 2. The molecule has 3 atom stereocenters. The second-order valence-corrected chi connectivity index (χ2v) is 21.3. The fraction of sp³-hybridized carbons (Fsp3) is 0.418. The first-order valence-electron chi connectivity index (χ1n) is 26.4. The highest BCUT2D eigenvalue weighted by atomic mass is 32.2. The number of allylic oxidation sites excluding steroid dienone is 2.